The van der Waals surface area contributed by atoms with Gasteiger partial charge in [0.05, 0.1) is 19.8 Å². The van der Waals surface area contributed by atoms with E-state index in [-0.39, 0.29) is 11.3 Å². The number of benzene rings is 2. The molecule has 24 heavy (non-hydrogen) atoms. The Balaban J connectivity index is 2.30. The third-order valence-corrected chi connectivity index (χ3v) is 3.23. The fourth-order valence-corrected chi connectivity index (χ4v) is 2.02. The average molecular weight is 340 g/mol. The third kappa shape index (κ3) is 3.89. The monoisotopic (exact) mass is 340 g/mol. The van der Waals surface area contributed by atoms with Gasteiger partial charge in [0, 0.05) is 23.0 Å². The Labute approximate surface area is 136 Å². The molecule has 0 saturated carbocycles. The molecule has 0 saturated heterocycles. The first-order valence-corrected chi connectivity index (χ1v) is 6.75. The predicted molar refractivity (Wildman–Crippen MR) is 83.4 cm³/mol. The van der Waals surface area contributed by atoms with Crippen molar-refractivity contribution in [1.29, 1.82) is 0 Å². The van der Waals surface area contributed by atoms with Crippen molar-refractivity contribution in [2.45, 2.75) is 6.18 Å². The van der Waals surface area contributed by atoms with Crippen molar-refractivity contribution in [3.63, 3.8) is 0 Å². The lowest BCUT2D eigenvalue weighted by atomic mass is 10.1. The van der Waals surface area contributed by atoms with Crippen LogP contribution in [0.5, 0.6) is 11.5 Å². The quantitative estimate of drug-likeness (QED) is 0.835. The van der Waals surface area contributed by atoms with Crippen LogP contribution in [0.3, 0.4) is 0 Å². The Kier molecular flexibility index (Phi) is 4.87. The summed E-state index contributed by atoms with van der Waals surface area (Å²) in [6, 6.07) is 7.62. The first-order valence-electron chi connectivity index (χ1n) is 6.75. The van der Waals surface area contributed by atoms with Crippen LogP contribution in [0, 0.1) is 0 Å². The van der Waals surface area contributed by atoms with Crippen LogP contribution >= 0.6 is 0 Å². The van der Waals surface area contributed by atoms with Crippen LogP contribution in [0.15, 0.2) is 36.4 Å². The SMILES string of the molecule is COc1cc(OC)cc(C(=O)Nc2ccc(N)c(C(F)(F)F)c2)c1. The highest BCUT2D eigenvalue weighted by molar-refractivity contribution is 6.05. The van der Waals surface area contributed by atoms with Gasteiger partial charge >= 0.3 is 6.18 Å². The predicted octanol–water partition coefficient (Wildman–Crippen LogP) is 3.56. The van der Waals surface area contributed by atoms with Crippen LogP contribution in [0.2, 0.25) is 0 Å². The summed E-state index contributed by atoms with van der Waals surface area (Å²) in [5, 5.41) is 2.39. The molecule has 0 aliphatic rings. The van der Waals surface area contributed by atoms with Gasteiger partial charge in [0.1, 0.15) is 11.5 Å². The molecule has 0 bridgehead atoms. The molecule has 2 aromatic rings. The molecule has 0 aliphatic heterocycles. The van der Waals surface area contributed by atoms with Crippen molar-refractivity contribution in [3.05, 3.63) is 47.5 Å². The molecule has 3 N–H and O–H groups in total. The summed E-state index contributed by atoms with van der Waals surface area (Å²) in [6.45, 7) is 0. The minimum atomic E-state index is -4.61. The molecule has 0 radical (unpaired) electrons. The number of rotatable bonds is 4. The van der Waals surface area contributed by atoms with E-state index < -0.39 is 23.3 Å². The number of anilines is 2. The lowest BCUT2D eigenvalue weighted by Gasteiger charge is -2.13. The Morgan fingerprint density at radius 2 is 1.62 bits per heavy atom. The van der Waals surface area contributed by atoms with Gasteiger partial charge in [0.15, 0.2) is 0 Å². The van der Waals surface area contributed by atoms with E-state index in [4.69, 9.17) is 15.2 Å². The third-order valence-electron chi connectivity index (χ3n) is 3.23. The van der Waals surface area contributed by atoms with Gasteiger partial charge in [0.2, 0.25) is 0 Å². The van der Waals surface area contributed by atoms with Crippen molar-refractivity contribution in [2.75, 3.05) is 25.3 Å². The molecule has 0 unspecified atom stereocenters. The fourth-order valence-electron chi connectivity index (χ4n) is 2.02. The molecule has 128 valence electrons. The van der Waals surface area contributed by atoms with Crippen LogP contribution in [0.4, 0.5) is 24.5 Å². The van der Waals surface area contributed by atoms with Crippen molar-refractivity contribution in [2.24, 2.45) is 0 Å². The lowest BCUT2D eigenvalue weighted by Crippen LogP contribution is -2.14. The Morgan fingerprint density at radius 3 is 2.12 bits per heavy atom. The van der Waals surface area contributed by atoms with E-state index in [1.54, 1.807) is 6.07 Å². The molecule has 0 heterocycles. The molecule has 8 heteroatoms. The van der Waals surface area contributed by atoms with Gasteiger partial charge in [-0.15, -0.1) is 0 Å². The summed E-state index contributed by atoms with van der Waals surface area (Å²) in [7, 11) is 2.85. The van der Waals surface area contributed by atoms with E-state index in [1.807, 2.05) is 0 Å². The second kappa shape index (κ2) is 6.69. The summed E-state index contributed by atoms with van der Waals surface area (Å²) in [6.07, 6.45) is -4.61. The summed E-state index contributed by atoms with van der Waals surface area (Å²) >= 11 is 0. The van der Waals surface area contributed by atoms with E-state index in [1.165, 1.54) is 32.4 Å². The van der Waals surface area contributed by atoms with Crippen LogP contribution in [0.25, 0.3) is 0 Å². The number of alkyl halides is 3. The number of hydrogen-bond donors (Lipinski definition) is 2. The molecule has 2 rings (SSSR count). The van der Waals surface area contributed by atoms with Crippen molar-refractivity contribution >= 4 is 17.3 Å². The molecule has 0 spiro atoms. The van der Waals surface area contributed by atoms with Crippen LogP contribution in [-0.4, -0.2) is 20.1 Å². The maximum absolute atomic E-state index is 12.9. The number of ether oxygens (including phenoxy) is 2. The van der Waals surface area contributed by atoms with Crippen LogP contribution < -0.4 is 20.5 Å². The van der Waals surface area contributed by atoms with E-state index >= 15 is 0 Å². The Morgan fingerprint density at radius 1 is 1.04 bits per heavy atom. The van der Waals surface area contributed by atoms with Crippen LogP contribution in [0.1, 0.15) is 15.9 Å². The van der Waals surface area contributed by atoms with Gasteiger partial charge in [-0.3, -0.25) is 4.79 Å². The number of carbonyl (C=O) groups excluding carboxylic acids is 1. The number of amides is 1. The molecule has 0 aromatic heterocycles. The Hall–Kier alpha value is -2.90. The van der Waals surface area contributed by atoms with Gasteiger partial charge in [-0.25, -0.2) is 0 Å². The minimum absolute atomic E-state index is 0.0247. The second-order valence-electron chi connectivity index (χ2n) is 4.86. The second-order valence-corrected chi connectivity index (χ2v) is 4.86. The largest absolute Gasteiger partial charge is 0.497 e. The van der Waals surface area contributed by atoms with E-state index in [0.29, 0.717) is 11.5 Å². The zero-order valence-electron chi connectivity index (χ0n) is 12.9. The highest BCUT2D eigenvalue weighted by Crippen LogP contribution is 2.35. The van der Waals surface area contributed by atoms with Gasteiger partial charge in [-0.1, -0.05) is 0 Å². The zero-order chi connectivity index (χ0) is 17.9. The zero-order valence-corrected chi connectivity index (χ0v) is 12.9. The maximum Gasteiger partial charge on any atom is 0.418 e. The highest BCUT2D eigenvalue weighted by Gasteiger charge is 2.33. The number of nitrogens with two attached hydrogens (primary N) is 1. The molecule has 2 aromatic carbocycles. The standard InChI is InChI=1S/C16H15F3N2O3/c1-23-11-5-9(6-12(8-11)24-2)15(22)21-10-3-4-14(20)13(7-10)16(17,18)19/h3-8H,20H2,1-2H3,(H,21,22). The fraction of sp³-hybridized carbons (Fsp3) is 0.188. The minimum Gasteiger partial charge on any atom is -0.497 e. The van der Waals surface area contributed by atoms with Crippen molar-refractivity contribution in [1.82, 2.24) is 0 Å². The number of carbonyl (C=O) groups is 1. The maximum atomic E-state index is 12.9. The number of nitrogens with one attached hydrogen (secondary N) is 1. The first kappa shape index (κ1) is 17.5. The topological polar surface area (TPSA) is 73.6 Å². The first-order chi connectivity index (χ1) is 11.2. The van der Waals surface area contributed by atoms with Gasteiger partial charge in [0.25, 0.3) is 5.91 Å². The molecule has 0 atom stereocenters. The molecule has 0 fully saturated rings. The average Bonchev–Trinajstić information content (AvgIpc) is 2.54. The van der Waals surface area contributed by atoms with E-state index in [2.05, 4.69) is 5.32 Å². The van der Waals surface area contributed by atoms with Crippen LogP contribution in [-0.2, 0) is 6.18 Å². The number of halogens is 3. The van der Waals surface area contributed by atoms with Crippen molar-refractivity contribution in [3.8, 4) is 11.5 Å². The smallest absolute Gasteiger partial charge is 0.418 e. The van der Waals surface area contributed by atoms with E-state index in [9.17, 15) is 18.0 Å². The summed E-state index contributed by atoms with van der Waals surface area (Å²) in [5.41, 5.74) is 4.06. The molecular weight excluding hydrogens is 325 g/mol. The van der Waals surface area contributed by atoms with Crippen molar-refractivity contribution < 1.29 is 27.4 Å². The highest BCUT2D eigenvalue weighted by atomic mass is 19.4. The van der Waals surface area contributed by atoms with Gasteiger partial charge < -0.3 is 20.5 Å². The normalized spacial score (nSPS) is 11.0. The lowest BCUT2D eigenvalue weighted by molar-refractivity contribution is -0.136. The van der Waals surface area contributed by atoms with E-state index in [0.717, 1.165) is 12.1 Å². The molecule has 0 aliphatic carbocycles. The number of hydrogen-bond acceptors (Lipinski definition) is 4. The molecule has 5 nitrogen and oxygen atoms in total. The molecule has 1 amide bonds. The number of methoxy groups -OCH3 is 2. The summed E-state index contributed by atoms with van der Waals surface area (Å²) in [4.78, 5) is 12.3. The molecular formula is C16H15F3N2O3. The summed E-state index contributed by atoms with van der Waals surface area (Å²) < 4.78 is 48.7. The Bertz CT molecular complexity index is 738. The van der Waals surface area contributed by atoms with Gasteiger partial charge in [-0.2, -0.15) is 13.2 Å². The summed E-state index contributed by atoms with van der Waals surface area (Å²) in [5.74, 6) is 0.158. The number of nitrogen functional groups attached to an aromatic ring is 1. The van der Waals surface area contributed by atoms with Gasteiger partial charge in [-0.05, 0) is 30.3 Å².